The summed E-state index contributed by atoms with van der Waals surface area (Å²) in [6.45, 7) is 1.93. The van der Waals surface area contributed by atoms with Crippen LogP contribution in [-0.4, -0.2) is 68.0 Å². The average Bonchev–Trinajstić information content (AvgIpc) is 2.75. The lowest BCUT2D eigenvalue weighted by atomic mass is 10.2. The fourth-order valence-corrected chi connectivity index (χ4v) is 3.98. The van der Waals surface area contributed by atoms with E-state index in [4.69, 9.17) is 37.8 Å². The van der Waals surface area contributed by atoms with Gasteiger partial charge in [-0.05, 0) is 24.3 Å². The molecule has 0 aliphatic carbocycles. The SMILES string of the molecule is O=C(O)C(F)(F)F.O=C(O)c1cc(NS(=O)(=O)c2ccc(Cl)c(Cl)c2)cnc1N1CCOCC1. The number of alkyl halides is 3. The van der Waals surface area contributed by atoms with Crippen molar-refractivity contribution in [1.82, 2.24) is 4.98 Å². The van der Waals surface area contributed by atoms with Crippen LogP contribution in [0.4, 0.5) is 24.7 Å². The number of hydrogen-bond acceptors (Lipinski definition) is 7. The number of morpholine rings is 1. The van der Waals surface area contributed by atoms with Gasteiger partial charge in [-0.2, -0.15) is 13.2 Å². The fraction of sp³-hybridized carbons (Fsp3) is 0.278. The molecule has 0 unspecified atom stereocenters. The van der Waals surface area contributed by atoms with Gasteiger partial charge in [0.1, 0.15) is 11.4 Å². The minimum atomic E-state index is -5.08. The first-order valence-electron chi connectivity index (χ1n) is 9.06. The standard InChI is InChI=1S/C16H15Cl2N3O5S.C2HF3O2/c17-13-2-1-11(8-14(13)18)27(24,25)20-10-7-12(16(22)23)15(19-9-10)21-3-5-26-6-4-21;3-2(4,5)1(6)7/h1-2,7-9,20H,3-6H2,(H,22,23);(H,6,7). The van der Waals surface area contributed by atoms with Crippen molar-refractivity contribution < 1.29 is 46.1 Å². The summed E-state index contributed by atoms with van der Waals surface area (Å²) in [5.41, 5.74) is -0.0817. The Hall–Kier alpha value is -2.81. The number of aromatic nitrogens is 1. The lowest BCUT2D eigenvalue weighted by molar-refractivity contribution is -0.192. The van der Waals surface area contributed by atoms with E-state index in [1.54, 1.807) is 4.90 Å². The van der Waals surface area contributed by atoms with E-state index < -0.39 is 28.1 Å². The van der Waals surface area contributed by atoms with Crippen LogP contribution in [0.2, 0.25) is 10.0 Å². The van der Waals surface area contributed by atoms with E-state index in [0.717, 1.165) is 0 Å². The smallest absolute Gasteiger partial charge is 0.478 e. The molecular formula is C18H16Cl2F3N3O7S. The van der Waals surface area contributed by atoms with Gasteiger partial charge in [0, 0.05) is 13.1 Å². The number of carbonyl (C=O) groups is 2. The zero-order valence-corrected chi connectivity index (χ0v) is 19.2. The number of anilines is 2. The second-order valence-corrected chi connectivity index (χ2v) is 8.98. The molecule has 2 heterocycles. The predicted molar refractivity (Wildman–Crippen MR) is 115 cm³/mol. The quantitative estimate of drug-likeness (QED) is 0.514. The Balaban J connectivity index is 0.000000509. The van der Waals surface area contributed by atoms with Gasteiger partial charge in [0.05, 0.1) is 40.0 Å². The fourth-order valence-electron chi connectivity index (χ4n) is 2.56. The molecule has 34 heavy (non-hydrogen) atoms. The van der Waals surface area contributed by atoms with Crippen LogP contribution in [0, 0.1) is 0 Å². The molecule has 1 saturated heterocycles. The summed E-state index contributed by atoms with van der Waals surface area (Å²) in [7, 11) is -3.99. The molecule has 1 fully saturated rings. The Labute approximate surface area is 200 Å². The van der Waals surface area contributed by atoms with Crippen LogP contribution in [0.5, 0.6) is 0 Å². The molecule has 16 heteroatoms. The summed E-state index contributed by atoms with van der Waals surface area (Å²) in [5, 5.41) is 16.9. The Morgan fingerprint density at radius 3 is 2.18 bits per heavy atom. The van der Waals surface area contributed by atoms with Crippen molar-refractivity contribution in [2.45, 2.75) is 11.1 Å². The van der Waals surface area contributed by atoms with Crippen LogP contribution in [0.3, 0.4) is 0 Å². The Morgan fingerprint density at radius 1 is 1.09 bits per heavy atom. The summed E-state index contributed by atoms with van der Waals surface area (Å²) in [6.07, 6.45) is -3.81. The van der Waals surface area contributed by atoms with Gasteiger partial charge < -0.3 is 19.8 Å². The van der Waals surface area contributed by atoms with E-state index in [1.165, 1.54) is 30.5 Å². The number of carboxylic acid groups (broad SMARTS) is 2. The highest BCUT2D eigenvalue weighted by Crippen LogP contribution is 2.27. The number of aliphatic carboxylic acids is 1. The maximum absolute atomic E-state index is 12.5. The van der Waals surface area contributed by atoms with Crippen LogP contribution < -0.4 is 9.62 Å². The number of hydrogen-bond donors (Lipinski definition) is 3. The molecule has 0 spiro atoms. The van der Waals surface area contributed by atoms with Crippen LogP contribution in [0.1, 0.15) is 10.4 Å². The number of nitrogens with one attached hydrogen (secondary N) is 1. The molecule has 186 valence electrons. The summed E-state index contributed by atoms with van der Waals surface area (Å²) in [4.78, 5) is 26.3. The van der Waals surface area contributed by atoms with Gasteiger partial charge >= 0.3 is 18.1 Å². The van der Waals surface area contributed by atoms with E-state index in [0.29, 0.717) is 26.3 Å². The number of pyridine rings is 1. The van der Waals surface area contributed by atoms with Crippen molar-refractivity contribution in [3.05, 3.63) is 46.1 Å². The van der Waals surface area contributed by atoms with Crippen LogP contribution in [-0.2, 0) is 19.6 Å². The van der Waals surface area contributed by atoms with Crippen LogP contribution in [0.25, 0.3) is 0 Å². The van der Waals surface area contributed by atoms with Crippen LogP contribution in [0.15, 0.2) is 35.4 Å². The van der Waals surface area contributed by atoms with Gasteiger partial charge in [0.2, 0.25) is 0 Å². The summed E-state index contributed by atoms with van der Waals surface area (Å²) in [5.74, 6) is -3.70. The monoisotopic (exact) mass is 545 g/mol. The molecule has 0 radical (unpaired) electrons. The molecule has 1 aliphatic heterocycles. The van der Waals surface area contributed by atoms with E-state index >= 15 is 0 Å². The maximum atomic E-state index is 12.5. The molecule has 0 saturated carbocycles. The highest BCUT2D eigenvalue weighted by atomic mass is 35.5. The average molecular weight is 546 g/mol. The Bertz CT molecular complexity index is 1170. The zero-order chi connectivity index (χ0) is 25.7. The first-order valence-corrected chi connectivity index (χ1v) is 11.3. The minimum absolute atomic E-state index is 0.0236. The topological polar surface area (TPSA) is 146 Å². The molecule has 10 nitrogen and oxygen atoms in total. The second kappa shape index (κ2) is 11.1. The number of ether oxygens (including phenoxy) is 1. The lowest BCUT2D eigenvalue weighted by Crippen LogP contribution is -2.37. The van der Waals surface area contributed by atoms with E-state index in [2.05, 4.69) is 9.71 Å². The summed E-state index contributed by atoms with van der Waals surface area (Å²) < 4.78 is 64.3. The third-order valence-corrected chi connectivity index (χ3v) is 6.22. The number of sulfonamides is 1. The largest absolute Gasteiger partial charge is 0.490 e. The third kappa shape index (κ3) is 7.35. The highest BCUT2D eigenvalue weighted by molar-refractivity contribution is 7.92. The van der Waals surface area contributed by atoms with Gasteiger partial charge in [-0.25, -0.2) is 23.0 Å². The first kappa shape index (κ1) is 27.4. The third-order valence-electron chi connectivity index (χ3n) is 4.10. The molecule has 0 bridgehead atoms. The first-order chi connectivity index (χ1) is 15.7. The van der Waals surface area contributed by atoms with Crippen molar-refractivity contribution >= 4 is 56.7 Å². The molecule has 0 amide bonds. The highest BCUT2D eigenvalue weighted by Gasteiger charge is 2.38. The number of nitrogens with zero attached hydrogens (tertiary/aromatic N) is 2. The van der Waals surface area contributed by atoms with Gasteiger partial charge in [-0.3, -0.25) is 4.72 Å². The Morgan fingerprint density at radius 2 is 1.68 bits per heavy atom. The molecular weight excluding hydrogens is 530 g/mol. The molecule has 0 atom stereocenters. The van der Waals surface area contributed by atoms with Crippen LogP contribution >= 0.6 is 23.2 Å². The number of rotatable bonds is 5. The molecule has 1 aliphatic rings. The molecule has 3 N–H and O–H groups in total. The molecule has 1 aromatic heterocycles. The van der Waals surface area contributed by atoms with Crippen molar-refractivity contribution in [1.29, 1.82) is 0 Å². The lowest BCUT2D eigenvalue weighted by Gasteiger charge is -2.28. The maximum Gasteiger partial charge on any atom is 0.490 e. The normalized spacial score (nSPS) is 14.1. The van der Waals surface area contributed by atoms with E-state index in [-0.39, 0.29) is 32.0 Å². The van der Waals surface area contributed by atoms with Crippen molar-refractivity contribution in [2.75, 3.05) is 35.9 Å². The molecule has 2 aromatic rings. The zero-order valence-electron chi connectivity index (χ0n) is 16.8. The van der Waals surface area contributed by atoms with E-state index in [1.807, 2.05) is 0 Å². The van der Waals surface area contributed by atoms with E-state index in [9.17, 15) is 31.5 Å². The minimum Gasteiger partial charge on any atom is -0.478 e. The van der Waals surface area contributed by atoms with Gasteiger partial charge in [0.15, 0.2) is 0 Å². The summed E-state index contributed by atoms with van der Waals surface area (Å²) in [6, 6.07) is 5.10. The predicted octanol–water partition coefficient (Wildman–Crippen LogP) is 3.36. The van der Waals surface area contributed by atoms with Crippen molar-refractivity contribution in [2.24, 2.45) is 0 Å². The molecule has 3 rings (SSSR count). The number of halogens is 5. The Kier molecular flexibility index (Phi) is 8.94. The van der Waals surface area contributed by atoms with Gasteiger partial charge in [0.25, 0.3) is 10.0 Å². The van der Waals surface area contributed by atoms with Crippen molar-refractivity contribution in [3.63, 3.8) is 0 Å². The molecule has 1 aromatic carbocycles. The van der Waals surface area contributed by atoms with Gasteiger partial charge in [-0.15, -0.1) is 0 Å². The number of carboxylic acids is 2. The van der Waals surface area contributed by atoms with Crippen molar-refractivity contribution in [3.8, 4) is 0 Å². The number of aromatic carboxylic acids is 1. The number of benzene rings is 1. The van der Waals surface area contributed by atoms with Gasteiger partial charge in [-0.1, -0.05) is 23.2 Å². The summed E-state index contributed by atoms with van der Waals surface area (Å²) >= 11 is 11.7. The second-order valence-electron chi connectivity index (χ2n) is 6.48.